The van der Waals surface area contributed by atoms with E-state index in [-0.39, 0.29) is 30.2 Å². The van der Waals surface area contributed by atoms with E-state index < -0.39 is 0 Å². The van der Waals surface area contributed by atoms with E-state index in [4.69, 9.17) is 4.74 Å². The van der Waals surface area contributed by atoms with Crippen molar-refractivity contribution in [1.82, 2.24) is 5.32 Å². The van der Waals surface area contributed by atoms with Gasteiger partial charge in [-0.05, 0) is 41.8 Å². The molecule has 5 heteroatoms. The van der Waals surface area contributed by atoms with Crippen molar-refractivity contribution in [2.75, 3.05) is 5.32 Å². The summed E-state index contributed by atoms with van der Waals surface area (Å²) in [6.45, 7) is 0. The van der Waals surface area contributed by atoms with E-state index in [2.05, 4.69) is 56.9 Å². The Balaban J connectivity index is 1.41. The molecule has 0 spiro atoms. The summed E-state index contributed by atoms with van der Waals surface area (Å²) in [7, 11) is 0. The molecule has 1 aliphatic carbocycles. The smallest absolute Gasteiger partial charge is 0.255 e. The molecule has 0 radical (unpaired) electrons. The number of carbonyl (C=O) groups excluding carboxylic acids is 1. The first-order valence-corrected chi connectivity index (χ1v) is 11.3. The van der Waals surface area contributed by atoms with E-state index in [1.54, 1.807) is 0 Å². The number of para-hydroxylation sites is 1. The van der Waals surface area contributed by atoms with E-state index in [0.717, 1.165) is 27.7 Å². The SMILES string of the molecule is O=C(Nc1ccccc1C1C=CCC2OC(c3ccccc3)NC21)c1cccc(Br)c1. The van der Waals surface area contributed by atoms with E-state index in [1.165, 1.54) is 0 Å². The second-order valence-electron chi connectivity index (χ2n) is 7.90. The topological polar surface area (TPSA) is 50.4 Å². The van der Waals surface area contributed by atoms with Crippen LogP contribution in [-0.4, -0.2) is 18.1 Å². The standard InChI is InChI=1S/C26H23BrN2O2/c27-19-11-6-10-18(16-19)25(30)28-22-14-5-4-12-20(22)21-13-7-15-23-24(21)29-26(31-23)17-8-2-1-3-9-17/h1-14,16,21,23-24,26,29H,15H2,(H,28,30). The fraction of sp³-hybridized carbons (Fsp3) is 0.192. The normalized spacial score (nSPS) is 24.5. The van der Waals surface area contributed by atoms with Crippen molar-refractivity contribution in [2.45, 2.75) is 30.7 Å². The van der Waals surface area contributed by atoms with Gasteiger partial charge in [0.05, 0.1) is 6.10 Å². The third kappa shape index (κ3) is 4.22. The number of halogens is 1. The zero-order valence-corrected chi connectivity index (χ0v) is 18.5. The lowest BCUT2D eigenvalue weighted by molar-refractivity contribution is 0.0359. The monoisotopic (exact) mass is 474 g/mol. The molecule has 0 bridgehead atoms. The lowest BCUT2D eigenvalue weighted by atomic mass is 9.82. The van der Waals surface area contributed by atoms with Crippen LogP contribution in [0.3, 0.4) is 0 Å². The zero-order chi connectivity index (χ0) is 21.2. The van der Waals surface area contributed by atoms with Crippen molar-refractivity contribution in [3.05, 3.63) is 112 Å². The minimum Gasteiger partial charge on any atom is -0.354 e. The molecule has 2 aliphatic rings. The Morgan fingerprint density at radius 1 is 1.00 bits per heavy atom. The van der Waals surface area contributed by atoms with Gasteiger partial charge in [-0.25, -0.2) is 0 Å². The van der Waals surface area contributed by atoms with Gasteiger partial charge in [-0.1, -0.05) is 82.7 Å². The molecule has 0 aromatic heterocycles. The highest BCUT2D eigenvalue weighted by Crippen LogP contribution is 2.40. The number of ether oxygens (including phenoxy) is 1. The first-order valence-electron chi connectivity index (χ1n) is 10.5. The maximum absolute atomic E-state index is 12.9. The Hall–Kier alpha value is -2.73. The van der Waals surface area contributed by atoms with Crippen LogP contribution in [0.2, 0.25) is 0 Å². The zero-order valence-electron chi connectivity index (χ0n) is 16.9. The summed E-state index contributed by atoms with van der Waals surface area (Å²) in [5.74, 6) is -0.0191. The average molecular weight is 475 g/mol. The van der Waals surface area contributed by atoms with Crippen molar-refractivity contribution in [1.29, 1.82) is 0 Å². The van der Waals surface area contributed by atoms with Crippen molar-refractivity contribution in [2.24, 2.45) is 0 Å². The number of fused-ring (bicyclic) bond motifs is 1. The van der Waals surface area contributed by atoms with Crippen LogP contribution in [0.1, 0.15) is 40.1 Å². The maximum Gasteiger partial charge on any atom is 0.255 e. The van der Waals surface area contributed by atoms with Crippen molar-refractivity contribution in [3.63, 3.8) is 0 Å². The van der Waals surface area contributed by atoms with Crippen molar-refractivity contribution in [3.8, 4) is 0 Å². The largest absolute Gasteiger partial charge is 0.354 e. The number of anilines is 1. The summed E-state index contributed by atoms with van der Waals surface area (Å²) in [4.78, 5) is 12.9. The fourth-order valence-corrected chi connectivity index (χ4v) is 4.82. The first-order chi connectivity index (χ1) is 15.2. The number of nitrogens with one attached hydrogen (secondary N) is 2. The van der Waals surface area contributed by atoms with Crippen LogP contribution in [0.5, 0.6) is 0 Å². The summed E-state index contributed by atoms with van der Waals surface area (Å²) in [5.41, 5.74) is 3.66. The van der Waals surface area contributed by atoms with Gasteiger partial charge in [0.15, 0.2) is 0 Å². The van der Waals surface area contributed by atoms with Crippen LogP contribution in [-0.2, 0) is 4.74 Å². The Labute approximate surface area is 190 Å². The molecular formula is C26H23BrN2O2. The summed E-state index contributed by atoms with van der Waals surface area (Å²) in [6.07, 6.45) is 5.27. The molecule has 1 fully saturated rings. The molecule has 1 aliphatic heterocycles. The molecule has 4 nitrogen and oxygen atoms in total. The van der Waals surface area contributed by atoms with Gasteiger partial charge in [0.2, 0.25) is 0 Å². The van der Waals surface area contributed by atoms with Gasteiger partial charge in [-0.15, -0.1) is 0 Å². The molecule has 4 unspecified atom stereocenters. The molecule has 3 aromatic rings. The summed E-state index contributed by atoms with van der Waals surface area (Å²) in [5, 5.41) is 6.80. The van der Waals surface area contributed by atoms with Crippen LogP contribution >= 0.6 is 15.9 Å². The van der Waals surface area contributed by atoms with Crippen LogP contribution < -0.4 is 10.6 Å². The molecular weight excluding hydrogens is 452 g/mol. The Bertz CT molecular complexity index is 1120. The van der Waals surface area contributed by atoms with E-state index in [0.29, 0.717) is 5.56 Å². The third-order valence-corrected chi connectivity index (χ3v) is 6.40. The lowest BCUT2D eigenvalue weighted by Crippen LogP contribution is -2.38. The van der Waals surface area contributed by atoms with Gasteiger partial charge in [0.1, 0.15) is 6.23 Å². The Kier molecular flexibility index (Phi) is 5.72. The van der Waals surface area contributed by atoms with Crippen LogP contribution in [0.25, 0.3) is 0 Å². The molecule has 3 aromatic carbocycles. The second kappa shape index (κ2) is 8.79. The predicted octanol–water partition coefficient (Wildman–Crippen LogP) is 5.80. The molecule has 2 N–H and O–H groups in total. The fourth-order valence-electron chi connectivity index (χ4n) is 4.42. The molecule has 1 amide bonds. The van der Waals surface area contributed by atoms with E-state index in [9.17, 15) is 4.79 Å². The summed E-state index contributed by atoms with van der Waals surface area (Å²) < 4.78 is 7.23. The van der Waals surface area contributed by atoms with Gasteiger partial charge in [0.25, 0.3) is 5.91 Å². The van der Waals surface area contributed by atoms with Gasteiger partial charge >= 0.3 is 0 Å². The molecule has 31 heavy (non-hydrogen) atoms. The lowest BCUT2D eigenvalue weighted by Gasteiger charge is -2.30. The van der Waals surface area contributed by atoms with Gasteiger partial charge in [0, 0.05) is 27.7 Å². The van der Waals surface area contributed by atoms with Gasteiger partial charge < -0.3 is 10.1 Å². The predicted molar refractivity (Wildman–Crippen MR) is 126 cm³/mol. The Morgan fingerprint density at radius 3 is 2.65 bits per heavy atom. The number of hydrogen-bond acceptors (Lipinski definition) is 3. The van der Waals surface area contributed by atoms with E-state index >= 15 is 0 Å². The van der Waals surface area contributed by atoms with Gasteiger partial charge in [-0.2, -0.15) is 0 Å². The number of benzene rings is 3. The highest BCUT2D eigenvalue weighted by atomic mass is 79.9. The number of rotatable bonds is 4. The molecule has 156 valence electrons. The molecule has 0 saturated carbocycles. The molecule has 4 atom stereocenters. The third-order valence-electron chi connectivity index (χ3n) is 5.91. The highest BCUT2D eigenvalue weighted by Gasteiger charge is 2.41. The minimum atomic E-state index is -0.123. The van der Waals surface area contributed by atoms with Crippen LogP contribution in [0, 0.1) is 0 Å². The van der Waals surface area contributed by atoms with Gasteiger partial charge in [-0.3, -0.25) is 10.1 Å². The molecule has 1 saturated heterocycles. The average Bonchev–Trinajstić information content (AvgIpc) is 3.25. The van der Waals surface area contributed by atoms with E-state index in [1.807, 2.05) is 60.7 Å². The first kappa shape index (κ1) is 20.2. The minimum absolute atomic E-state index is 0.0917. The number of hydrogen-bond donors (Lipinski definition) is 2. The highest BCUT2D eigenvalue weighted by molar-refractivity contribution is 9.10. The van der Waals surface area contributed by atoms with Crippen LogP contribution in [0.15, 0.2) is 95.5 Å². The van der Waals surface area contributed by atoms with Crippen LogP contribution in [0.4, 0.5) is 5.69 Å². The number of amides is 1. The second-order valence-corrected chi connectivity index (χ2v) is 8.81. The van der Waals surface area contributed by atoms with Crippen molar-refractivity contribution < 1.29 is 9.53 Å². The summed E-state index contributed by atoms with van der Waals surface area (Å²) in [6, 6.07) is 25.8. The number of carbonyl (C=O) groups is 1. The molecule has 5 rings (SSSR count). The maximum atomic E-state index is 12.9. The Morgan fingerprint density at radius 2 is 1.81 bits per heavy atom. The van der Waals surface area contributed by atoms with Crippen molar-refractivity contribution >= 4 is 27.5 Å². The summed E-state index contributed by atoms with van der Waals surface area (Å²) >= 11 is 3.44. The molecule has 1 heterocycles. The quantitative estimate of drug-likeness (QED) is 0.469.